The molecule has 24 heavy (non-hydrogen) atoms. The van der Waals surface area contributed by atoms with Gasteiger partial charge in [-0.3, -0.25) is 9.59 Å². The van der Waals surface area contributed by atoms with Crippen molar-refractivity contribution in [3.8, 4) is 0 Å². The molecule has 0 bridgehead atoms. The van der Waals surface area contributed by atoms with Crippen molar-refractivity contribution in [2.45, 2.75) is 35.9 Å². The van der Waals surface area contributed by atoms with Gasteiger partial charge in [-0.15, -0.1) is 11.3 Å². The number of ether oxygens (including phenoxy) is 1. The lowest BCUT2D eigenvalue weighted by Gasteiger charge is -2.16. The lowest BCUT2D eigenvalue weighted by atomic mass is 10.2. The van der Waals surface area contributed by atoms with Crippen LogP contribution in [0.4, 0.5) is 0 Å². The Bertz CT molecular complexity index is 698. The molecule has 1 heterocycles. The summed E-state index contributed by atoms with van der Waals surface area (Å²) in [5.41, 5.74) is 0. The van der Waals surface area contributed by atoms with E-state index in [-0.39, 0.29) is 16.2 Å². The number of halogens is 1. The molecule has 1 aliphatic rings. The monoisotopic (exact) mass is 394 g/mol. The van der Waals surface area contributed by atoms with Gasteiger partial charge in [0.05, 0.1) is 4.34 Å². The number of likely N-dealkylation sites (N-methyl/N-ethyl adjacent to an activating group) is 1. The van der Waals surface area contributed by atoms with Gasteiger partial charge in [0.1, 0.15) is 10.8 Å². The highest BCUT2D eigenvalue weighted by Gasteiger charge is 2.25. The van der Waals surface area contributed by atoms with Crippen LogP contribution in [0.3, 0.4) is 0 Å². The summed E-state index contributed by atoms with van der Waals surface area (Å²) in [5.74, 6) is -1.16. The van der Waals surface area contributed by atoms with E-state index in [0.717, 1.165) is 41.3 Å². The molecule has 1 fully saturated rings. The fraction of sp³-hybridized carbons (Fsp3) is 0.571. The highest BCUT2D eigenvalue weighted by molar-refractivity contribution is 7.91. The van der Waals surface area contributed by atoms with Crippen LogP contribution in [-0.2, 0) is 24.3 Å². The number of rotatable bonds is 7. The third-order valence-electron chi connectivity index (χ3n) is 3.65. The Labute approximate surface area is 150 Å². The molecular weight excluding hydrogens is 376 g/mol. The summed E-state index contributed by atoms with van der Waals surface area (Å²) < 4.78 is 30.6. The smallest absolute Gasteiger partial charge is 0.321 e. The Balaban J connectivity index is 1.79. The first kappa shape index (κ1) is 19.2. The van der Waals surface area contributed by atoms with E-state index in [9.17, 15) is 18.0 Å². The largest absolute Gasteiger partial charge is 0.455 e. The molecule has 0 radical (unpaired) electrons. The van der Waals surface area contributed by atoms with Crippen LogP contribution in [0.2, 0.25) is 4.34 Å². The minimum absolute atomic E-state index is 0.0433. The van der Waals surface area contributed by atoms with Crippen molar-refractivity contribution >= 4 is 44.8 Å². The standard InChI is InChI=1S/C14H19ClN2O5S2/c1-17(24(20,21)14-7-6-11(15)23-14)8-13(19)22-9-12(18)16-10-4-2-3-5-10/h6-7,10H,2-5,8-9H2,1H3,(H,16,18). The van der Waals surface area contributed by atoms with Crippen molar-refractivity contribution in [3.05, 3.63) is 16.5 Å². The first-order valence-corrected chi connectivity index (χ1v) is 10.1. The van der Waals surface area contributed by atoms with Crippen LogP contribution in [0.1, 0.15) is 25.7 Å². The van der Waals surface area contributed by atoms with Crippen LogP contribution >= 0.6 is 22.9 Å². The van der Waals surface area contributed by atoms with E-state index in [1.54, 1.807) is 0 Å². The van der Waals surface area contributed by atoms with Gasteiger partial charge in [0.25, 0.3) is 15.9 Å². The first-order chi connectivity index (χ1) is 11.3. The summed E-state index contributed by atoms with van der Waals surface area (Å²) in [6.07, 6.45) is 4.04. The van der Waals surface area contributed by atoms with E-state index in [1.165, 1.54) is 19.2 Å². The molecule has 1 N–H and O–H groups in total. The highest BCUT2D eigenvalue weighted by Crippen LogP contribution is 2.27. The van der Waals surface area contributed by atoms with Gasteiger partial charge in [-0.25, -0.2) is 8.42 Å². The average molecular weight is 395 g/mol. The quantitative estimate of drug-likeness (QED) is 0.709. The highest BCUT2D eigenvalue weighted by atomic mass is 35.5. The second kappa shape index (κ2) is 8.28. The summed E-state index contributed by atoms with van der Waals surface area (Å²) in [7, 11) is -2.54. The number of nitrogens with one attached hydrogen (secondary N) is 1. The Morgan fingerprint density at radius 3 is 2.62 bits per heavy atom. The molecule has 2 rings (SSSR count). The molecule has 1 saturated carbocycles. The van der Waals surface area contributed by atoms with Gasteiger partial charge in [-0.2, -0.15) is 4.31 Å². The molecule has 1 aromatic heterocycles. The zero-order valence-corrected chi connectivity index (χ0v) is 15.5. The van der Waals surface area contributed by atoms with Gasteiger partial charge in [0, 0.05) is 13.1 Å². The number of esters is 1. The van der Waals surface area contributed by atoms with E-state index in [2.05, 4.69) is 5.32 Å². The minimum Gasteiger partial charge on any atom is -0.455 e. The Hall–Kier alpha value is -1.16. The molecule has 0 aliphatic heterocycles. The second-order valence-electron chi connectivity index (χ2n) is 5.53. The fourth-order valence-electron chi connectivity index (χ4n) is 2.39. The maximum absolute atomic E-state index is 12.2. The number of hydrogen-bond donors (Lipinski definition) is 1. The van der Waals surface area contributed by atoms with Gasteiger partial charge in [-0.05, 0) is 25.0 Å². The molecule has 1 aliphatic carbocycles. The van der Waals surface area contributed by atoms with E-state index < -0.39 is 29.1 Å². The molecule has 134 valence electrons. The number of nitrogens with zero attached hydrogens (tertiary/aromatic N) is 1. The first-order valence-electron chi connectivity index (χ1n) is 7.45. The van der Waals surface area contributed by atoms with Gasteiger partial charge in [-0.1, -0.05) is 24.4 Å². The molecule has 0 spiro atoms. The van der Waals surface area contributed by atoms with Crippen LogP contribution in [0, 0.1) is 0 Å². The topological polar surface area (TPSA) is 92.8 Å². The molecule has 10 heteroatoms. The van der Waals surface area contributed by atoms with Crippen LogP contribution in [0.25, 0.3) is 0 Å². The van der Waals surface area contributed by atoms with Crippen molar-refractivity contribution in [1.29, 1.82) is 0 Å². The van der Waals surface area contributed by atoms with Crippen molar-refractivity contribution in [1.82, 2.24) is 9.62 Å². The van der Waals surface area contributed by atoms with E-state index in [0.29, 0.717) is 4.34 Å². The van der Waals surface area contributed by atoms with Crippen molar-refractivity contribution in [2.75, 3.05) is 20.2 Å². The minimum atomic E-state index is -3.80. The number of amides is 1. The molecule has 1 amide bonds. The maximum atomic E-state index is 12.2. The zero-order valence-electron chi connectivity index (χ0n) is 13.2. The van der Waals surface area contributed by atoms with E-state index in [4.69, 9.17) is 16.3 Å². The Morgan fingerprint density at radius 2 is 2.04 bits per heavy atom. The summed E-state index contributed by atoms with van der Waals surface area (Å²) in [6.45, 7) is -0.886. The molecule has 1 aromatic rings. The maximum Gasteiger partial charge on any atom is 0.321 e. The predicted octanol–water partition coefficient (Wildman–Crippen LogP) is 1.62. The summed E-state index contributed by atoms with van der Waals surface area (Å²) in [6, 6.07) is 2.99. The van der Waals surface area contributed by atoms with Gasteiger partial charge in [0.2, 0.25) is 0 Å². The van der Waals surface area contributed by atoms with Gasteiger partial charge in [0.15, 0.2) is 6.61 Å². The van der Waals surface area contributed by atoms with Gasteiger partial charge < -0.3 is 10.1 Å². The number of carbonyl (C=O) groups excluding carboxylic acids is 2. The summed E-state index contributed by atoms with van der Waals surface area (Å²) in [4.78, 5) is 23.4. The van der Waals surface area contributed by atoms with Crippen molar-refractivity contribution < 1.29 is 22.7 Å². The predicted molar refractivity (Wildman–Crippen MR) is 90.5 cm³/mol. The van der Waals surface area contributed by atoms with Crippen molar-refractivity contribution in [3.63, 3.8) is 0 Å². The van der Waals surface area contributed by atoms with Crippen LogP contribution in [-0.4, -0.2) is 50.8 Å². The molecule has 7 nitrogen and oxygen atoms in total. The van der Waals surface area contributed by atoms with Crippen molar-refractivity contribution in [2.24, 2.45) is 0 Å². The lowest BCUT2D eigenvalue weighted by Crippen LogP contribution is -2.38. The normalized spacial score (nSPS) is 15.6. The third-order valence-corrected chi connectivity index (χ3v) is 7.15. The molecule has 0 saturated heterocycles. The molecule has 0 unspecified atom stereocenters. The van der Waals surface area contributed by atoms with E-state index >= 15 is 0 Å². The second-order valence-corrected chi connectivity index (χ2v) is 9.52. The van der Waals surface area contributed by atoms with Crippen LogP contribution < -0.4 is 5.32 Å². The molecule has 0 aromatic carbocycles. The van der Waals surface area contributed by atoms with Gasteiger partial charge >= 0.3 is 5.97 Å². The number of hydrogen-bond acceptors (Lipinski definition) is 6. The van der Waals surface area contributed by atoms with Crippen LogP contribution in [0.15, 0.2) is 16.3 Å². The Kier molecular flexibility index (Phi) is 6.62. The fourth-order valence-corrected chi connectivity index (χ4v) is 5.20. The van der Waals surface area contributed by atoms with E-state index in [1.807, 2.05) is 0 Å². The number of sulfonamides is 1. The third kappa shape index (κ3) is 5.17. The average Bonchev–Trinajstić information content (AvgIpc) is 3.17. The number of carbonyl (C=O) groups is 2. The number of thiophene rings is 1. The molecular formula is C14H19ClN2O5S2. The zero-order chi connectivity index (χ0) is 17.7. The SMILES string of the molecule is CN(CC(=O)OCC(=O)NC1CCCC1)S(=O)(=O)c1ccc(Cl)s1. The summed E-state index contributed by atoms with van der Waals surface area (Å²) >= 11 is 6.64. The Morgan fingerprint density at radius 1 is 1.38 bits per heavy atom. The lowest BCUT2D eigenvalue weighted by molar-refractivity contribution is -0.148. The summed E-state index contributed by atoms with van der Waals surface area (Å²) in [5, 5.41) is 2.79. The van der Waals surface area contributed by atoms with Crippen LogP contribution in [0.5, 0.6) is 0 Å². The molecule has 0 atom stereocenters.